The number of nitrogens with one attached hydrogen (secondary N) is 1. The highest BCUT2D eigenvalue weighted by molar-refractivity contribution is 5.40. The van der Waals surface area contributed by atoms with Crippen LogP contribution in [0.1, 0.15) is 18.9 Å². The van der Waals surface area contributed by atoms with E-state index in [2.05, 4.69) is 15.3 Å². The minimum atomic E-state index is -0.476. The first kappa shape index (κ1) is 14.7. The lowest BCUT2D eigenvalue weighted by Gasteiger charge is -2.06. The molecule has 7 nitrogen and oxygen atoms in total. The molecule has 0 saturated heterocycles. The molecule has 0 radical (unpaired) electrons. The van der Waals surface area contributed by atoms with Crippen LogP contribution in [-0.2, 0) is 6.54 Å². The first-order valence-electron chi connectivity index (χ1n) is 6.61. The number of anilines is 1. The van der Waals surface area contributed by atoms with Crippen LogP contribution in [0.15, 0.2) is 36.7 Å². The van der Waals surface area contributed by atoms with E-state index in [1.54, 1.807) is 12.3 Å². The zero-order valence-corrected chi connectivity index (χ0v) is 11.7. The van der Waals surface area contributed by atoms with E-state index < -0.39 is 4.92 Å². The van der Waals surface area contributed by atoms with Crippen molar-refractivity contribution in [3.63, 3.8) is 0 Å². The fraction of sp³-hybridized carbons (Fsp3) is 0.286. The summed E-state index contributed by atoms with van der Waals surface area (Å²) in [5.74, 6) is 1.18. The summed E-state index contributed by atoms with van der Waals surface area (Å²) in [6.07, 6.45) is 3.89. The lowest BCUT2D eigenvalue weighted by molar-refractivity contribution is -0.385. The minimum absolute atomic E-state index is 0.0281. The molecule has 0 fully saturated rings. The normalized spacial score (nSPS) is 10.1. The second-order valence-corrected chi connectivity index (χ2v) is 4.37. The lowest BCUT2D eigenvalue weighted by Crippen LogP contribution is -2.03. The number of hydrogen-bond donors (Lipinski definition) is 1. The van der Waals surface area contributed by atoms with Gasteiger partial charge in [0.25, 0.3) is 5.69 Å². The van der Waals surface area contributed by atoms with Gasteiger partial charge in [0.05, 0.1) is 11.5 Å². The van der Waals surface area contributed by atoms with E-state index in [9.17, 15) is 10.1 Å². The van der Waals surface area contributed by atoms with E-state index >= 15 is 0 Å². The van der Waals surface area contributed by atoms with Gasteiger partial charge in [0.15, 0.2) is 0 Å². The summed E-state index contributed by atoms with van der Waals surface area (Å²) >= 11 is 0. The Morgan fingerprint density at radius 3 is 2.67 bits per heavy atom. The largest absolute Gasteiger partial charge is 0.478 e. The lowest BCUT2D eigenvalue weighted by atomic mass is 10.3. The van der Waals surface area contributed by atoms with Crippen LogP contribution in [0, 0.1) is 10.1 Å². The standard InChI is InChI=1S/C14H16N4O3/c1-2-7-21-14-6-3-11(9-17-14)8-15-13-5-4-12(10-16-13)18(19)20/h3-6,9-10H,2,7-8H2,1H3,(H,15,16). The van der Waals surface area contributed by atoms with Crippen molar-refractivity contribution in [3.05, 3.63) is 52.3 Å². The highest BCUT2D eigenvalue weighted by Crippen LogP contribution is 2.13. The number of aromatic nitrogens is 2. The Bertz CT molecular complexity index is 584. The monoisotopic (exact) mass is 288 g/mol. The molecule has 0 bridgehead atoms. The summed E-state index contributed by atoms with van der Waals surface area (Å²) in [6, 6.07) is 6.71. The molecule has 0 spiro atoms. The molecule has 0 aliphatic heterocycles. The second kappa shape index (κ2) is 7.18. The van der Waals surface area contributed by atoms with Gasteiger partial charge in [-0.3, -0.25) is 10.1 Å². The van der Waals surface area contributed by atoms with Crippen molar-refractivity contribution in [2.75, 3.05) is 11.9 Å². The summed E-state index contributed by atoms with van der Waals surface area (Å²) in [7, 11) is 0. The average Bonchev–Trinajstić information content (AvgIpc) is 2.52. The van der Waals surface area contributed by atoms with Gasteiger partial charge in [-0.2, -0.15) is 0 Å². The third-order valence-electron chi connectivity index (χ3n) is 2.68. The molecule has 2 rings (SSSR count). The van der Waals surface area contributed by atoms with Crippen LogP contribution in [0.5, 0.6) is 5.88 Å². The van der Waals surface area contributed by atoms with Crippen LogP contribution in [0.4, 0.5) is 11.5 Å². The van der Waals surface area contributed by atoms with Crippen molar-refractivity contribution >= 4 is 11.5 Å². The Morgan fingerprint density at radius 2 is 2.10 bits per heavy atom. The van der Waals surface area contributed by atoms with Crippen molar-refractivity contribution in [3.8, 4) is 5.88 Å². The molecule has 21 heavy (non-hydrogen) atoms. The molecular weight excluding hydrogens is 272 g/mol. The van der Waals surface area contributed by atoms with Gasteiger partial charge in [-0.1, -0.05) is 13.0 Å². The molecule has 0 aliphatic carbocycles. The topological polar surface area (TPSA) is 90.2 Å². The molecule has 0 atom stereocenters. The quantitative estimate of drug-likeness (QED) is 0.622. The van der Waals surface area contributed by atoms with Gasteiger partial charge in [0, 0.05) is 24.9 Å². The van der Waals surface area contributed by atoms with Crippen molar-refractivity contribution in [2.24, 2.45) is 0 Å². The Morgan fingerprint density at radius 1 is 1.24 bits per heavy atom. The van der Waals surface area contributed by atoms with Gasteiger partial charge in [-0.05, 0) is 18.1 Å². The van der Waals surface area contributed by atoms with Crippen LogP contribution >= 0.6 is 0 Å². The Hall–Kier alpha value is -2.70. The molecule has 2 aromatic heterocycles. The molecule has 2 heterocycles. The third-order valence-corrected chi connectivity index (χ3v) is 2.68. The zero-order valence-electron chi connectivity index (χ0n) is 11.7. The molecule has 0 amide bonds. The van der Waals surface area contributed by atoms with Crippen molar-refractivity contribution in [2.45, 2.75) is 19.9 Å². The third kappa shape index (κ3) is 4.41. The predicted molar refractivity (Wildman–Crippen MR) is 78.2 cm³/mol. The van der Waals surface area contributed by atoms with E-state index in [1.165, 1.54) is 12.3 Å². The van der Waals surface area contributed by atoms with Crippen LogP contribution in [-0.4, -0.2) is 21.5 Å². The van der Waals surface area contributed by atoms with E-state index in [0.717, 1.165) is 12.0 Å². The number of nitrogens with zero attached hydrogens (tertiary/aromatic N) is 3. The number of hydrogen-bond acceptors (Lipinski definition) is 6. The predicted octanol–water partition coefficient (Wildman–Crippen LogP) is 2.79. The molecule has 110 valence electrons. The van der Waals surface area contributed by atoms with Crippen LogP contribution in [0.25, 0.3) is 0 Å². The van der Waals surface area contributed by atoms with Crippen LogP contribution in [0.2, 0.25) is 0 Å². The minimum Gasteiger partial charge on any atom is -0.478 e. The number of pyridine rings is 2. The van der Waals surface area contributed by atoms with Gasteiger partial charge < -0.3 is 10.1 Å². The van der Waals surface area contributed by atoms with E-state index in [1.807, 2.05) is 19.1 Å². The summed E-state index contributed by atoms with van der Waals surface area (Å²) in [4.78, 5) is 18.2. The van der Waals surface area contributed by atoms with E-state index in [4.69, 9.17) is 4.74 Å². The molecule has 0 aromatic carbocycles. The maximum Gasteiger partial charge on any atom is 0.287 e. The molecule has 7 heteroatoms. The molecule has 0 unspecified atom stereocenters. The molecule has 0 saturated carbocycles. The van der Waals surface area contributed by atoms with Crippen LogP contribution in [0.3, 0.4) is 0 Å². The second-order valence-electron chi connectivity index (χ2n) is 4.37. The van der Waals surface area contributed by atoms with Gasteiger partial charge in [0.1, 0.15) is 12.0 Å². The Labute approximate surface area is 122 Å². The average molecular weight is 288 g/mol. The summed E-state index contributed by atoms with van der Waals surface area (Å²) in [5.41, 5.74) is 0.943. The summed E-state index contributed by atoms with van der Waals surface area (Å²) in [6.45, 7) is 3.22. The molecular formula is C14H16N4O3. The number of rotatable bonds is 7. The van der Waals surface area contributed by atoms with Gasteiger partial charge in [-0.25, -0.2) is 9.97 Å². The molecule has 2 aromatic rings. The van der Waals surface area contributed by atoms with E-state index in [-0.39, 0.29) is 5.69 Å². The van der Waals surface area contributed by atoms with Gasteiger partial charge in [-0.15, -0.1) is 0 Å². The first-order chi connectivity index (χ1) is 10.2. The highest BCUT2D eigenvalue weighted by Gasteiger charge is 2.05. The molecule has 1 N–H and O–H groups in total. The van der Waals surface area contributed by atoms with Crippen molar-refractivity contribution < 1.29 is 9.66 Å². The van der Waals surface area contributed by atoms with Crippen molar-refractivity contribution in [1.82, 2.24) is 9.97 Å². The first-order valence-corrected chi connectivity index (χ1v) is 6.61. The summed E-state index contributed by atoms with van der Waals surface area (Å²) in [5, 5.41) is 13.6. The van der Waals surface area contributed by atoms with Crippen LogP contribution < -0.4 is 10.1 Å². The van der Waals surface area contributed by atoms with Gasteiger partial charge in [0.2, 0.25) is 5.88 Å². The maximum absolute atomic E-state index is 10.5. The Kier molecular flexibility index (Phi) is 5.03. The smallest absolute Gasteiger partial charge is 0.287 e. The fourth-order valence-corrected chi connectivity index (χ4v) is 1.60. The Balaban J connectivity index is 1.88. The molecule has 0 aliphatic rings. The summed E-state index contributed by atoms with van der Waals surface area (Å²) < 4.78 is 5.40. The number of ether oxygens (including phenoxy) is 1. The fourth-order valence-electron chi connectivity index (χ4n) is 1.60. The SMILES string of the molecule is CCCOc1ccc(CNc2ccc([N+](=O)[O-])cn2)cn1. The maximum atomic E-state index is 10.5. The van der Waals surface area contributed by atoms with E-state index in [0.29, 0.717) is 24.8 Å². The highest BCUT2D eigenvalue weighted by atomic mass is 16.6. The number of nitro groups is 1. The van der Waals surface area contributed by atoms with Crippen molar-refractivity contribution in [1.29, 1.82) is 0 Å². The zero-order chi connectivity index (χ0) is 15.1. The van der Waals surface area contributed by atoms with Gasteiger partial charge >= 0.3 is 0 Å².